The molecule has 24 heavy (non-hydrogen) atoms. The van der Waals surface area contributed by atoms with Gasteiger partial charge in [0.25, 0.3) is 0 Å². The van der Waals surface area contributed by atoms with Crippen LogP contribution in [0.15, 0.2) is 23.2 Å². The quantitative estimate of drug-likeness (QED) is 0.870. The molecule has 2 saturated heterocycles. The van der Waals surface area contributed by atoms with Gasteiger partial charge in [0.15, 0.2) is 0 Å². The maximum absolute atomic E-state index is 12.6. The van der Waals surface area contributed by atoms with E-state index in [1.165, 1.54) is 10.5 Å². The van der Waals surface area contributed by atoms with Crippen molar-refractivity contribution in [2.45, 2.75) is 37.0 Å². The second-order valence-corrected chi connectivity index (χ2v) is 8.44. The summed E-state index contributed by atoms with van der Waals surface area (Å²) >= 11 is 0. The minimum atomic E-state index is -3.46. The van der Waals surface area contributed by atoms with E-state index in [0.717, 1.165) is 38.6 Å². The number of carbonyl (C=O) groups is 1. The molecule has 1 atom stereocenters. The van der Waals surface area contributed by atoms with E-state index in [9.17, 15) is 13.2 Å². The van der Waals surface area contributed by atoms with Gasteiger partial charge in [0.1, 0.15) is 10.7 Å². The Morgan fingerprint density at radius 2 is 1.88 bits per heavy atom. The summed E-state index contributed by atoms with van der Waals surface area (Å²) in [4.78, 5) is 17.9. The van der Waals surface area contributed by atoms with E-state index in [0.29, 0.717) is 25.5 Å². The molecule has 0 aromatic carbocycles. The molecule has 7 nitrogen and oxygen atoms in total. The number of sulfonamides is 1. The van der Waals surface area contributed by atoms with Crippen LogP contribution < -0.4 is 10.6 Å². The van der Waals surface area contributed by atoms with Gasteiger partial charge >= 0.3 is 0 Å². The first-order valence-electron chi connectivity index (χ1n) is 8.49. The van der Waals surface area contributed by atoms with Crippen molar-refractivity contribution < 1.29 is 13.2 Å². The maximum atomic E-state index is 12.6. The molecule has 132 valence electrons. The van der Waals surface area contributed by atoms with Gasteiger partial charge in [-0.05, 0) is 37.8 Å². The van der Waals surface area contributed by atoms with Gasteiger partial charge in [-0.1, -0.05) is 6.42 Å². The molecule has 1 aromatic heterocycles. The summed E-state index contributed by atoms with van der Waals surface area (Å²) in [6, 6.07) is 3.33. The highest BCUT2D eigenvalue weighted by Crippen LogP contribution is 2.24. The standard InChI is InChI=1S/C16H24N4O3S/c17-16(21)13-5-4-8-19(12-13)15-7-6-14(11-18-15)24(22,23)20-9-2-1-3-10-20/h6-7,11,13H,1-5,8-10,12H2,(H2,17,21)/t13-/m1/s1. The van der Waals surface area contributed by atoms with Gasteiger partial charge in [-0.15, -0.1) is 0 Å². The molecule has 0 spiro atoms. The SMILES string of the molecule is NC(=O)[C@@H]1CCCN(c2ccc(S(=O)(=O)N3CCCCC3)cn2)C1. The fourth-order valence-electron chi connectivity index (χ4n) is 3.38. The summed E-state index contributed by atoms with van der Waals surface area (Å²) in [5.74, 6) is 0.236. The normalized spacial score (nSPS) is 23.2. The molecule has 2 aliphatic heterocycles. The topological polar surface area (TPSA) is 96.6 Å². The lowest BCUT2D eigenvalue weighted by Gasteiger charge is -2.32. The molecular formula is C16H24N4O3S. The van der Waals surface area contributed by atoms with Crippen molar-refractivity contribution in [3.63, 3.8) is 0 Å². The minimum Gasteiger partial charge on any atom is -0.369 e. The van der Waals surface area contributed by atoms with Crippen LogP contribution in [-0.4, -0.2) is 49.8 Å². The zero-order valence-electron chi connectivity index (χ0n) is 13.7. The van der Waals surface area contributed by atoms with Crippen LogP contribution in [0.25, 0.3) is 0 Å². The van der Waals surface area contributed by atoms with E-state index in [1.807, 2.05) is 4.90 Å². The van der Waals surface area contributed by atoms with Gasteiger partial charge in [-0.25, -0.2) is 13.4 Å². The van der Waals surface area contributed by atoms with Gasteiger partial charge in [0, 0.05) is 32.4 Å². The summed E-state index contributed by atoms with van der Waals surface area (Å²) in [6.07, 6.45) is 6.00. The second kappa shape index (κ2) is 7.06. The van der Waals surface area contributed by atoms with Crippen LogP contribution in [0.3, 0.4) is 0 Å². The van der Waals surface area contributed by atoms with Crippen molar-refractivity contribution in [1.82, 2.24) is 9.29 Å². The van der Waals surface area contributed by atoms with Crippen molar-refractivity contribution in [1.29, 1.82) is 0 Å². The molecule has 3 rings (SSSR count). The summed E-state index contributed by atoms with van der Waals surface area (Å²) < 4.78 is 26.8. The van der Waals surface area contributed by atoms with Gasteiger partial charge in [-0.2, -0.15) is 4.31 Å². The molecule has 0 saturated carbocycles. The van der Waals surface area contributed by atoms with Crippen LogP contribution in [0, 0.1) is 5.92 Å². The van der Waals surface area contributed by atoms with E-state index >= 15 is 0 Å². The number of pyridine rings is 1. The van der Waals surface area contributed by atoms with Crippen LogP contribution >= 0.6 is 0 Å². The lowest BCUT2D eigenvalue weighted by molar-refractivity contribution is -0.122. The summed E-state index contributed by atoms with van der Waals surface area (Å²) in [7, 11) is -3.46. The zero-order chi connectivity index (χ0) is 17.2. The van der Waals surface area contributed by atoms with Gasteiger partial charge in [0.05, 0.1) is 5.92 Å². The molecule has 0 bridgehead atoms. The van der Waals surface area contributed by atoms with E-state index in [1.54, 1.807) is 12.1 Å². The molecule has 0 unspecified atom stereocenters. The van der Waals surface area contributed by atoms with Gasteiger partial charge in [-0.3, -0.25) is 4.79 Å². The predicted octanol–water partition coefficient (Wildman–Crippen LogP) is 0.958. The third-order valence-corrected chi connectivity index (χ3v) is 6.70. The van der Waals surface area contributed by atoms with Crippen molar-refractivity contribution in [2.24, 2.45) is 11.7 Å². The number of primary amides is 1. The zero-order valence-corrected chi connectivity index (χ0v) is 14.5. The molecular weight excluding hydrogens is 328 g/mol. The van der Waals surface area contributed by atoms with Crippen molar-refractivity contribution >= 4 is 21.7 Å². The molecule has 2 N–H and O–H groups in total. The van der Waals surface area contributed by atoms with Crippen molar-refractivity contribution in [3.05, 3.63) is 18.3 Å². The van der Waals surface area contributed by atoms with Crippen molar-refractivity contribution in [3.8, 4) is 0 Å². The number of rotatable bonds is 4. The van der Waals surface area contributed by atoms with Crippen LogP contribution in [0.2, 0.25) is 0 Å². The first-order valence-corrected chi connectivity index (χ1v) is 9.93. The Morgan fingerprint density at radius 1 is 1.12 bits per heavy atom. The number of hydrogen-bond donors (Lipinski definition) is 1. The Hall–Kier alpha value is -1.67. The van der Waals surface area contributed by atoms with E-state index in [4.69, 9.17) is 5.73 Å². The molecule has 2 aliphatic rings. The Kier molecular flexibility index (Phi) is 5.05. The first kappa shape index (κ1) is 17.2. The Balaban J connectivity index is 1.74. The Labute approximate surface area is 142 Å². The molecule has 8 heteroatoms. The van der Waals surface area contributed by atoms with Gasteiger partial charge in [0.2, 0.25) is 15.9 Å². The summed E-state index contributed by atoms with van der Waals surface area (Å²) in [5, 5.41) is 0. The summed E-state index contributed by atoms with van der Waals surface area (Å²) in [6.45, 7) is 2.50. The van der Waals surface area contributed by atoms with Crippen LogP contribution in [-0.2, 0) is 14.8 Å². The number of nitrogens with zero attached hydrogens (tertiary/aromatic N) is 3. The average molecular weight is 352 g/mol. The first-order chi connectivity index (χ1) is 11.5. The highest BCUT2D eigenvalue weighted by molar-refractivity contribution is 7.89. The number of nitrogens with two attached hydrogens (primary N) is 1. The lowest BCUT2D eigenvalue weighted by Crippen LogP contribution is -2.41. The van der Waals surface area contributed by atoms with Crippen LogP contribution in [0.4, 0.5) is 5.82 Å². The second-order valence-electron chi connectivity index (χ2n) is 6.50. The number of anilines is 1. The van der Waals surface area contributed by atoms with Crippen LogP contribution in [0.1, 0.15) is 32.1 Å². The number of amides is 1. The third kappa shape index (κ3) is 3.54. The molecule has 3 heterocycles. The number of carbonyl (C=O) groups excluding carboxylic acids is 1. The third-order valence-electron chi connectivity index (χ3n) is 4.82. The monoisotopic (exact) mass is 352 g/mol. The fourth-order valence-corrected chi connectivity index (χ4v) is 4.85. The van der Waals surface area contributed by atoms with E-state index < -0.39 is 10.0 Å². The van der Waals surface area contributed by atoms with E-state index in [2.05, 4.69) is 4.98 Å². The maximum Gasteiger partial charge on any atom is 0.244 e. The summed E-state index contributed by atoms with van der Waals surface area (Å²) in [5.41, 5.74) is 5.40. The highest BCUT2D eigenvalue weighted by Gasteiger charge is 2.28. The molecule has 1 aromatic rings. The lowest BCUT2D eigenvalue weighted by atomic mass is 9.97. The van der Waals surface area contributed by atoms with E-state index in [-0.39, 0.29) is 16.7 Å². The average Bonchev–Trinajstić information content (AvgIpc) is 2.62. The molecule has 2 fully saturated rings. The minimum absolute atomic E-state index is 0.169. The molecule has 0 aliphatic carbocycles. The largest absolute Gasteiger partial charge is 0.369 e. The van der Waals surface area contributed by atoms with Gasteiger partial charge < -0.3 is 10.6 Å². The number of hydrogen-bond acceptors (Lipinski definition) is 5. The number of piperidine rings is 2. The van der Waals surface area contributed by atoms with Crippen molar-refractivity contribution in [2.75, 3.05) is 31.1 Å². The Bertz CT molecular complexity index is 684. The molecule has 1 amide bonds. The fraction of sp³-hybridized carbons (Fsp3) is 0.625. The molecule has 0 radical (unpaired) electrons. The smallest absolute Gasteiger partial charge is 0.244 e. The highest BCUT2D eigenvalue weighted by atomic mass is 32.2. The Morgan fingerprint density at radius 3 is 2.50 bits per heavy atom. The number of aromatic nitrogens is 1. The van der Waals surface area contributed by atoms with Crippen LogP contribution in [0.5, 0.6) is 0 Å². The predicted molar refractivity (Wildman–Crippen MR) is 91.0 cm³/mol.